The molecule has 2 unspecified atom stereocenters. The van der Waals surface area contributed by atoms with Crippen molar-refractivity contribution >= 4 is 11.6 Å². The minimum atomic E-state index is 0.390. The lowest BCUT2D eigenvalue weighted by atomic mass is 10.1. The first-order valence-corrected chi connectivity index (χ1v) is 8.24. The summed E-state index contributed by atoms with van der Waals surface area (Å²) in [7, 11) is 0. The van der Waals surface area contributed by atoms with Gasteiger partial charge in [-0.2, -0.15) is 0 Å². The molecule has 1 N–H and O–H groups in total. The van der Waals surface area contributed by atoms with Gasteiger partial charge in [-0.25, -0.2) is 9.97 Å². The third kappa shape index (κ3) is 2.71. The van der Waals surface area contributed by atoms with E-state index in [2.05, 4.69) is 36.0 Å². The van der Waals surface area contributed by atoms with Crippen LogP contribution in [0.3, 0.4) is 0 Å². The first-order valence-electron chi connectivity index (χ1n) is 8.24. The summed E-state index contributed by atoms with van der Waals surface area (Å²) in [5.74, 6) is 3.02. The lowest BCUT2D eigenvalue weighted by molar-refractivity contribution is 0.0252. The minimum absolute atomic E-state index is 0.390. The average Bonchev–Trinajstić information content (AvgIpc) is 2.98. The Kier molecular flexibility index (Phi) is 4.29. The number of ether oxygens (including phenoxy) is 1. The number of aromatic nitrogens is 2. The lowest BCUT2D eigenvalue weighted by Crippen LogP contribution is -2.49. The minimum Gasteiger partial charge on any atom is -0.374 e. The van der Waals surface area contributed by atoms with Crippen molar-refractivity contribution in [1.82, 2.24) is 9.97 Å². The summed E-state index contributed by atoms with van der Waals surface area (Å²) in [5, 5.41) is 3.38. The van der Waals surface area contributed by atoms with Crippen molar-refractivity contribution in [2.45, 2.75) is 58.6 Å². The monoisotopic (exact) mass is 290 g/mol. The van der Waals surface area contributed by atoms with Gasteiger partial charge in [-0.3, -0.25) is 0 Å². The second-order valence-corrected chi connectivity index (χ2v) is 5.92. The third-order valence-electron chi connectivity index (χ3n) is 4.58. The predicted molar refractivity (Wildman–Crippen MR) is 85.0 cm³/mol. The molecular weight excluding hydrogens is 264 g/mol. The summed E-state index contributed by atoms with van der Waals surface area (Å²) in [4.78, 5) is 11.9. The first kappa shape index (κ1) is 14.6. The van der Waals surface area contributed by atoms with Crippen molar-refractivity contribution < 1.29 is 4.74 Å². The van der Waals surface area contributed by atoms with Gasteiger partial charge >= 0.3 is 0 Å². The molecule has 5 nitrogen and oxygen atoms in total. The standard InChI is InChI=1S/C16H26N4O/c1-4-14-18-15(17-5-2)11(3)16(19-14)20-9-10-21-13-8-6-7-12(13)20/h12-13H,4-10H2,1-3H3,(H,17,18,19). The van der Waals surface area contributed by atoms with E-state index in [0.717, 1.165) is 43.6 Å². The summed E-state index contributed by atoms with van der Waals surface area (Å²) >= 11 is 0. The van der Waals surface area contributed by atoms with Crippen LogP contribution in [0.4, 0.5) is 11.6 Å². The van der Waals surface area contributed by atoms with Crippen LogP contribution >= 0.6 is 0 Å². The van der Waals surface area contributed by atoms with Crippen molar-refractivity contribution in [3.63, 3.8) is 0 Å². The van der Waals surface area contributed by atoms with Gasteiger partial charge in [0.05, 0.1) is 18.8 Å². The van der Waals surface area contributed by atoms with Crippen molar-refractivity contribution in [1.29, 1.82) is 0 Å². The molecule has 2 aliphatic rings. The number of hydrogen-bond acceptors (Lipinski definition) is 5. The molecule has 2 atom stereocenters. The lowest BCUT2D eigenvalue weighted by Gasteiger charge is -2.39. The number of morpholine rings is 1. The van der Waals surface area contributed by atoms with Gasteiger partial charge in [-0.1, -0.05) is 6.92 Å². The van der Waals surface area contributed by atoms with Crippen molar-refractivity contribution in [2.75, 3.05) is 29.9 Å². The smallest absolute Gasteiger partial charge is 0.137 e. The summed E-state index contributed by atoms with van der Waals surface area (Å²) in [6, 6.07) is 0.492. The number of fused-ring (bicyclic) bond motifs is 1. The van der Waals surface area contributed by atoms with Crippen LogP contribution in [-0.4, -0.2) is 41.8 Å². The summed E-state index contributed by atoms with van der Waals surface area (Å²) < 4.78 is 5.93. The van der Waals surface area contributed by atoms with E-state index in [1.54, 1.807) is 0 Å². The van der Waals surface area contributed by atoms with Gasteiger partial charge < -0.3 is 15.0 Å². The zero-order valence-corrected chi connectivity index (χ0v) is 13.4. The molecule has 0 spiro atoms. The summed E-state index contributed by atoms with van der Waals surface area (Å²) in [5.41, 5.74) is 1.17. The average molecular weight is 290 g/mol. The van der Waals surface area contributed by atoms with Crippen LogP contribution in [0.25, 0.3) is 0 Å². The van der Waals surface area contributed by atoms with E-state index in [1.165, 1.54) is 24.8 Å². The number of nitrogens with one attached hydrogen (secondary N) is 1. The van der Waals surface area contributed by atoms with Gasteiger partial charge in [-0.05, 0) is 33.1 Å². The molecule has 0 aromatic carbocycles. The van der Waals surface area contributed by atoms with Crippen molar-refractivity contribution in [2.24, 2.45) is 0 Å². The molecular formula is C16H26N4O. The molecule has 1 aromatic rings. The molecule has 2 fully saturated rings. The molecule has 3 rings (SSSR count). The molecule has 5 heteroatoms. The van der Waals surface area contributed by atoms with E-state index in [1.807, 2.05) is 0 Å². The fourth-order valence-electron chi connectivity index (χ4n) is 3.52. The molecule has 116 valence electrons. The Hall–Kier alpha value is -1.36. The maximum atomic E-state index is 5.93. The fraction of sp³-hybridized carbons (Fsp3) is 0.750. The molecule has 21 heavy (non-hydrogen) atoms. The normalized spacial score (nSPS) is 25.0. The highest BCUT2D eigenvalue weighted by atomic mass is 16.5. The van der Waals surface area contributed by atoms with Crippen LogP contribution in [-0.2, 0) is 11.2 Å². The van der Waals surface area contributed by atoms with Crippen LogP contribution in [0, 0.1) is 6.92 Å². The Labute approximate surface area is 127 Å². The SMILES string of the molecule is CCNc1nc(CC)nc(N2CCOC3CCCC32)c1C. The van der Waals surface area contributed by atoms with Crippen LogP contribution in [0.1, 0.15) is 44.5 Å². The van der Waals surface area contributed by atoms with Crippen molar-refractivity contribution in [3.05, 3.63) is 11.4 Å². The molecule has 0 bridgehead atoms. The van der Waals surface area contributed by atoms with Crippen molar-refractivity contribution in [3.8, 4) is 0 Å². The Morgan fingerprint density at radius 2 is 2.14 bits per heavy atom. The molecule has 0 amide bonds. The molecule has 1 saturated heterocycles. The molecule has 1 saturated carbocycles. The van der Waals surface area contributed by atoms with Crippen LogP contribution < -0.4 is 10.2 Å². The zero-order chi connectivity index (χ0) is 14.8. The largest absolute Gasteiger partial charge is 0.374 e. The van der Waals surface area contributed by atoms with Gasteiger partial charge in [-0.15, -0.1) is 0 Å². The number of nitrogens with zero attached hydrogens (tertiary/aromatic N) is 3. The van der Waals surface area contributed by atoms with E-state index in [4.69, 9.17) is 9.72 Å². The van der Waals surface area contributed by atoms with E-state index in [-0.39, 0.29) is 0 Å². The van der Waals surface area contributed by atoms with Crippen LogP contribution in [0.15, 0.2) is 0 Å². The molecule has 1 aliphatic carbocycles. The second-order valence-electron chi connectivity index (χ2n) is 5.92. The fourth-order valence-corrected chi connectivity index (χ4v) is 3.52. The Morgan fingerprint density at radius 3 is 2.90 bits per heavy atom. The second kappa shape index (κ2) is 6.18. The maximum Gasteiger partial charge on any atom is 0.137 e. The van der Waals surface area contributed by atoms with Gasteiger partial charge in [0, 0.05) is 25.1 Å². The van der Waals surface area contributed by atoms with Crippen LogP contribution in [0.5, 0.6) is 0 Å². The Morgan fingerprint density at radius 1 is 1.29 bits per heavy atom. The zero-order valence-electron chi connectivity index (χ0n) is 13.4. The summed E-state index contributed by atoms with van der Waals surface area (Å²) in [6.07, 6.45) is 4.92. The van der Waals surface area contributed by atoms with Gasteiger partial charge in [0.1, 0.15) is 17.5 Å². The first-order chi connectivity index (χ1) is 10.2. The number of rotatable bonds is 4. The quantitative estimate of drug-likeness (QED) is 0.923. The molecule has 0 radical (unpaired) electrons. The number of aryl methyl sites for hydroxylation is 1. The predicted octanol–water partition coefficient (Wildman–Crippen LogP) is 2.54. The van der Waals surface area contributed by atoms with E-state index in [0.29, 0.717) is 12.1 Å². The van der Waals surface area contributed by atoms with E-state index < -0.39 is 0 Å². The molecule has 1 aromatic heterocycles. The Bertz CT molecular complexity index is 505. The Balaban J connectivity index is 1.97. The highest BCUT2D eigenvalue weighted by Gasteiger charge is 2.37. The maximum absolute atomic E-state index is 5.93. The van der Waals surface area contributed by atoms with E-state index in [9.17, 15) is 0 Å². The topological polar surface area (TPSA) is 50.3 Å². The van der Waals surface area contributed by atoms with Gasteiger partial charge in [0.15, 0.2) is 0 Å². The summed E-state index contributed by atoms with van der Waals surface area (Å²) in [6.45, 7) is 8.98. The number of hydrogen-bond donors (Lipinski definition) is 1. The van der Waals surface area contributed by atoms with Gasteiger partial charge in [0.25, 0.3) is 0 Å². The highest BCUT2D eigenvalue weighted by molar-refractivity contribution is 5.59. The molecule has 1 aliphatic heterocycles. The number of anilines is 2. The third-order valence-corrected chi connectivity index (χ3v) is 4.58. The van der Waals surface area contributed by atoms with Gasteiger partial charge in [0.2, 0.25) is 0 Å². The van der Waals surface area contributed by atoms with E-state index >= 15 is 0 Å². The van der Waals surface area contributed by atoms with Crippen LogP contribution in [0.2, 0.25) is 0 Å². The molecule has 2 heterocycles. The highest BCUT2D eigenvalue weighted by Crippen LogP contribution is 2.35.